The van der Waals surface area contributed by atoms with Crippen molar-refractivity contribution in [3.63, 3.8) is 0 Å². The van der Waals surface area contributed by atoms with E-state index in [1.165, 1.54) is 0 Å². The molecule has 3 aromatic carbocycles. The molecule has 1 aromatic heterocycles. The number of nitrogens with zero attached hydrogens (tertiary/aromatic N) is 2. The number of carbonyl (C=O) groups excluding carboxylic acids is 3. The van der Waals surface area contributed by atoms with Gasteiger partial charge in [-0.3, -0.25) is 19.3 Å². The van der Waals surface area contributed by atoms with Crippen LogP contribution in [-0.2, 0) is 16.0 Å². The summed E-state index contributed by atoms with van der Waals surface area (Å²) in [6, 6.07) is 17.8. The van der Waals surface area contributed by atoms with Crippen LogP contribution in [-0.4, -0.2) is 40.8 Å². The van der Waals surface area contributed by atoms with Gasteiger partial charge in [0, 0.05) is 18.5 Å². The Morgan fingerprint density at radius 2 is 1.80 bits per heavy atom. The van der Waals surface area contributed by atoms with Crippen LogP contribution in [0.4, 0.5) is 11.4 Å². The molecular formula is C32H35N5O4. The normalized spacial score (nSPS) is 15.4. The van der Waals surface area contributed by atoms with E-state index in [9.17, 15) is 14.4 Å². The molecule has 1 aliphatic rings. The number of fused-ring (bicyclic) bond motifs is 2. The minimum Gasteiger partial charge on any atom is -0.436 e. The zero-order valence-electron chi connectivity index (χ0n) is 23.8. The van der Waals surface area contributed by atoms with E-state index in [2.05, 4.69) is 15.6 Å². The summed E-state index contributed by atoms with van der Waals surface area (Å²) in [5, 5.41) is 5.79. The van der Waals surface area contributed by atoms with Gasteiger partial charge >= 0.3 is 0 Å². The second-order valence-corrected chi connectivity index (χ2v) is 11.1. The Hall–Kier alpha value is -4.50. The van der Waals surface area contributed by atoms with Gasteiger partial charge in [0.15, 0.2) is 5.58 Å². The number of oxazole rings is 1. The van der Waals surface area contributed by atoms with Crippen molar-refractivity contribution >= 4 is 40.2 Å². The predicted molar refractivity (Wildman–Crippen MR) is 159 cm³/mol. The molecule has 0 aliphatic carbocycles. The Kier molecular flexibility index (Phi) is 7.64. The number of hydrogen-bond donors (Lipinski definition) is 3. The Morgan fingerprint density at radius 3 is 2.54 bits per heavy atom. The van der Waals surface area contributed by atoms with Gasteiger partial charge in [0.25, 0.3) is 11.8 Å². The number of benzene rings is 3. The molecule has 0 radical (unpaired) electrons. The van der Waals surface area contributed by atoms with Gasteiger partial charge < -0.3 is 20.8 Å². The van der Waals surface area contributed by atoms with Gasteiger partial charge in [0.2, 0.25) is 11.8 Å². The summed E-state index contributed by atoms with van der Waals surface area (Å²) >= 11 is 0. The topological polar surface area (TPSA) is 131 Å². The van der Waals surface area contributed by atoms with Crippen LogP contribution in [0.1, 0.15) is 55.1 Å². The van der Waals surface area contributed by atoms with Crippen molar-refractivity contribution in [1.82, 2.24) is 15.6 Å². The molecule has 0 fully saturated rings. The number of rotatable bonds is 7. The number of aromatic nitrogens is 1. The van der Waals surface area contributed by atoms with E-state index in [0.29, 0.717) is 52.9 Å². The van der Waals surface area contributed by atoms with Gasteiger partial charge in [0.05, 0.1) is 22.5 Å². The number of carbonyl (C=O) groups is 3. The quantitative estimate of drug-likeness (QED) is 0.302. The van der Waals surface area contributed by atoms with Gasteiger partial charge in [-0.05, 0) is 82.0 Å². The summed E-state index contributed by atoms with van der Waals surface area (Å²) in [6.07, 6.45) is 1.13. The summed E-state index contributed by atoms with van der Waals surface area (Å²) < 4.78 is 6.12. The minimum absolute atomic E-state index is 0.0892. The maximum Gasteiger partial charge on any atom is 0.254 e. The van der Waals surface area contributed by atoms with Gasteiger partial charge in [-0.1, -0.05) is 30.3 Å². The van der Waals surface area contributed by atoms with Crippen LogP contribution in [0.25, 0.3) is 22.6 Å². The van der Waals surface area contributed by atoms with E-state index in [1.807, 2.05) is 62.4 Å². The van der Waals surface area contributed by atoms with E-state index in [1.54, 1.807) is 30.9 Å². The summed E-state index contributed by atoms with van der Waals surface area (Å²) in [5.74, 6) is -0.526. The fourth-order valence-corrected chi connectivity index (χ4v) is 5.32. The van der Waals surface area contributed by atoms with Gasteiger partial charge in [-0.25, -0.2) is 4.98 Å². The van der Waals surface area contributed by atoms with Crippen LogP contribution < -0.4 is 21.3 Å². The second-order valence-electron chi connectivity index (χ2n) is 11.1. The lowest BCUT2D eigenvalue weighted by Crippen LogP contribution is -2.49. The highest BCUT2D eigenvalue weighted by molar-refractivity contribution is 6.09. The van der Waals surface area contributed by atoms with E-state index >= 15 is 0 Å². The minimum atomic E-state index is -0.757. The molecule has 0 saturated carbocycles. The molecule has 1 aliphatic heterocycles. The van der Waals surface area contributed by atoms with E-state index in [4.69, 9.17) is 10.2 Å². The number of para-hydroxylation sites is 3. The maximum atomic E-state index is 14.2. The van der Waals surface area contributed by atoms with Gasteiger partial charge in [-0.15, -0.1) is 0 Å². The molecule has 41 heavy (non-hydrogen) atoms. The van der Waals surface area contributed by atoms with Crippen molar-refractivity contribution in [1.29, 1.82) is 0 Å². The van der Waals surface area contributed by atoms with Crippen molar-refractivity contribution in [3.05, 3.63) is 77.4 Å². The fourth-order valence-electron chi connectivity index (χ4n) is 5.32. The van der Waals surface area contributed by atoms with Crippen LogP contribution in [0.3, 0.4) is 0 Å². The van der Waals surface area contributed by atoms with E-state index in [0.717, 1.165) is 11.3 Å². The molecule has 1 atom stereocenters. The maximum absolute atomic E-state index is 14.2. The van der Waals surface area contributed by atoms with Gasteiger partial charge in [-0.2, -0.15) is 0 Å². The molecule has 9 nitrogen and oxygen atoms in total. The highest BCUT2D eigenvalue weighted by Crippen LogP contribution is 2.40. The molecule has 4 N–H and O–H groups in total. The average Bonchev–Trinajstić information content (AvgIpc) is 3.29. The molecule has 0 spiro atoms. The predicted octanol–water partition coefficient (Wildman–Crippen LogP) is 4.78. The van der Waals surface area contributed by atoms with E-state index < -0.39 is 11.6 Å². The molecule has 0 saturated heterocycles. The Labute approximate surface area is 239 Å². The molecule has 9 heteroatoms. The first-order valence-electron chi connectivity index (χ1n) is 13.8. The Balaban J connectivity index is 1.66. The van der Waals surface area contributed by atoms with Crippen molar-refractivity contribution in [2.75, 3.05) is 11.4 Å². The van der Waals surface area contributed by atoms with Crippen LogP contribution in [0.2, 0.25) is 0 Å². The summed E-state index contributed by atoms with van der Waals surface area (Å²) in [7, 11) is 0. The van der Waals surface area contributed by atoms with Crippen LogP contribution >= 0.6 is 0 Å². The smallest absolute Gasteiger partial charge is 0.254 e. The highest BCUT2D eigenvalue weighted by atomic mass is 16.3. The Bertz CT molecular complexity index is 1600. The van der Waals surface area contributed by atoms with Crippen LogP contribution in [0.5, 0.6) is 0 Å². The summed E-state index contributed by atoms with van der Waals surface area (Å²) in [6.45, 7) is 7.71. The standard InChI is InChI=1S/C32H35N5O4/c1-5-34-29(39)21-15-17-24(19(2)28(21)30-36-22-11-7-9-13-26(22)41-30)37-25-12-8-6-10-20(25)14-16-23(31(37)40)35-27(38)18-32(3,4)33/h6-13,15,17,23H,5,14,16,18,33H2,1-4H3,(H,34,39)(H,35,38). The zero-order valence-corrected chi connectivity index (χ0v) is 23.8. The van der Waals surface area contributed by atoms with E-state index in [-0.39, 0.29) is 30.0 Å². The first-order chi connectivity index (χ1) is 19.6. The lowest BCUT2D eigenvalue weighted by molar-refractivity contribution is -0.127. The largest absolute Gasteiger partial charge is 0.436 e. The first kappa shape index (κ1) is 28.0. The van der Waals surface area contributed by atoms with Crippen molar-refractivity contribution in [2.45, 2.75) is 58.5 Å². The lowest BCUT2D eigenvalue weighted by atomic mass is 9.97. The third kappa shape index (κ3) is 5.71. The van der Waals surface area contributed by atoms with Crippen molar-refractivity contribution in [2.24, 2.45) is 5.73 Å². The highest BCUT2D eigenvalue weighted by Gasteiger charge is 2.35. The fraction of sp³-hybridized carbons (Fsp3) is 0.312. The molecule has 4 aromatic rings. The summed E-state index contributed by atoms with van der Waals surface area (Å²) in [4.78, 5) is 46.6. The molecule has 3 amide bonds. The number of hydrogen-bond acceptors (Lipinski definition) is 6. The average molecular weight is 554 g/mol. The number of nitrogens with one attached hydrogen (secondary N) is 2. The van der Waals surface area contributed by atoms with Crippen LogP contribution in [0, 0.1) is 6.92 Å². The second kappa shape index (κ2) is 11.2. The van der Waals surface area contributed by atoms with Crippen molar-refractivity contribution in [3.8, 4) is 11.5 Å². The first-order valence-corrected chi connectivity index (χ1v) is 13.8. The van der Waals surface area contributed by atoms with Crippen molar-refractivity contribution < 1.29 is 18.8 Å². The third-order valence-electron chi connectivity index (χ3n) is 7.17. The zero-order chi connectivity index (χ0) is 29.3. The SMILES string of the molecule is CCNC(=O)c1ccc(N2C(=O)C(NC(=O)CC(C)(C)N)CCc3ccccc32)c(C)c1-c1nc2ccccc2o1. The number of anilines is 2. The van der Waals surface area contributed by atoms with Crippen LogP contribution in [0.15, 0.2) is 65.1 Å². The number of amides is 3. The molecule has 0 bridgehead atoms. The van der Waals surface area contributed by atoms with Gasteiger partial charge in [0.1, 0.15) is 11.6 Å². The third-order valence-corrected chi connectivity index (χ3v) is 7.17. The molecule has 1 unspecified atom stereocenters. The molecule has 212 valence electrons. The number of aryl methyl sites for hydroxylation is 1. The monoisotopic (exact) mass is 553 g/mol. The summed E-state index contributed by atoms with van der Waals surface area (Å²) in [5.41, 5.74) is 10.5. The Morgan fingerprint density at radius 1 is 1.07 bits per heavy atom. The lowest BCUT2D eigenvalue weighted by Gasteiger charge is -2.29. The molecular weight excluding hydrogens is 518 g/mol. The molecule has 5 rings (SSSR count). The molecule has 2 heterocycles. The number of nitrogens with two attached hydrogens (primary N) is 1.